The van der Waals surface area contributed by atoms with E-state index in [0.717, 1.165) is 22.0 Å². The number of amides is 1. The van der Waals surface area contributed by atoms with E-state index >= 15 is 0 Å². The number of phenolic OH excluding ortho intramolecular Hbond substituents is 1. The van der Waals surface area contributed by atoms with Crippen molar-refractivity contribution in [1.29, 1.82) is 0 Å². The van der Waals surface area contributed by atoms with Crippen LogP contribution >= 0.6 is 22.9 Å². The van der Waals surface area contributed by atoms with E-state index in [-0.39, 0.29) is 18.1 Å². The molecule has 0 spiro atoms. The van der Waals surface area contributed by atoms with Gasteiger partial charge in [-0.25, -0.2) is 4.98 Å². The van der Waals surface area contributed by atoms with Gasteiger partial charge in [0.25, 0.3) is 0 Å². The minimum absolute atomic E-state index is 0.0135. The van der Waals surface area contributed by atoms with Crippen LogP contribution in [-0.2, 0) is 17.6 Å². The lowest BCUT2D eigenvalue weighted by Crippen LogP contribution is -2.14. The first-order chi connectivity index (χ1) is 14.0. The van der Waals surface area contributed by atoms with E-state index in [9.17, 15) is 9.90 Å². The van der Waals surface area contributed by atoms with Crippen molar-refractivity contribution in [3.63, 3.8) is 0 Å². The third kappa shape index (κ3) is 4.42. The summed E-state index contributed by atoms with van der Waals surface area (Å²) in [5.41, 5.74) is 2.38. The van der Waals surface area contributed by atoms with Gasteiger partial charge in [-0.05, 0) is 41.5 Å². The van der Waals surface area contributed by atoms with E-state index in [1.54, 1.807) is 17.4 Å². The first-order valence-electron chi connectivity index (χ1n) is 9.20. The number of phenols is 1. The first kappa shape index (κ1) is 19.4. The van der Waals surface area contributed by atoms with Gasteiger partial charge in [-0.15, -0.1) is 11.3 Å². The summed E-state index contributed by atoms with van der Waals surface area (Å²) in [6.45, 7) is 1.92. The highest BCUT2D eigenvalue weighted by Gasteiger charge is 2.14. The van der Waals surface area contributed by atoms with Crippen molar-refractivity contribution in [1.82, 2.24) is 4.98 Å². The molecule has 3 aromatic carbocycles. The molecule has 0 radical (unpaired) electrons. The molecule has 0 unspecified atom stereocenters. The molecule has 0 aliphatic heterocycles. The molecule has 29 heavy (non-hydrogen) atoms. The summed E-state index contributed by atoms with van der Waals surface area (Å²) in [6, 6.07) is 19.1. The van der Waals surface area contributed by atoms with Crippen molar-refractivity contribution in [3.05, 3.63) is 86.8 Å². The fraction of sp³-hybridized carbons (Fsp3) is 0.130. The van der Waals surface area contributed by atoms with Gasteiger partial charge in [0.1, 0.15) is 5.75 Å². The number of nitrogens with zero attached hydrogens (tertiary/aromatic N) is 1. The molecule has 0 aliphatic carbocycles. The van der Waals surface area contributed by atoms with E-state index in [1.165, 1.54) is 28.5 Å². The topological polar surface area (TPSA) is 62.2 Å². The number of aromatic hydroxyl groups is 1. The average Bonchev–Trinajstić information content (AvgIpc) is 3.03. The lowest BCUT2D eigenvalue weighted by atomic mass is 10.0. The minimum atomic E-state index is -0.217. The van der Waals surface area contributed by atoms with Crippen molar-refractivity contribution in [2.75, 3.05) is 5.32 Å². The summed E-state index contributed by atoms with van der Waals surface area (Å²) < 4.78 is 0. The van der Waals surface area contributed by atoms with Crippen LogP contribution in [0.4, 0.5) is 5.69 Å². The molecule has 0 aliphatic rings. The Hall–Kier alpha value is -2.89. The molecule has 4 nitrogen and oxygen atoms in total. The van der Waals surface area contributed by atoms with Crippen molar-refractivity contribution < 1.29 is 9.90 Å². The quantitative estimate of drug-likeness (QED) is 0.403. The van der Waals surface area contributed by atoms with Crippen LogP contribution in [0.3, 0.4) is 0 Å². The number of carbonyl (C=O) groups is 1. The van der Waals surface area contributed by atoms with Crippen molar-refractivity contribution in [3.8, 4) is 5.75 Å². The largest absolute Gasteiger partial charge is 0.506 e. The number of aryl methyl sites for hydroxylation is 1. The van der Waals surface area contributed by atoms with Gasteiger partial charge in [-0.3, -0.25) is 4.79 Å². The minimum Gasteiger partial charge on any atom is -0.506 e. The Labute approximate surface area is 177 Å². The van der Waals surface area contributed by atoms with Crippen molar-refractivity contribution >= 4 is 45.3 Å². The van der Waals surface area contributed by atoms with E-state index in [0.29, 0.717) is 10.7 Å². The zero-order chi connectivity index (χ0) is 20.4. The van der Waals surface area contributed by atoms with Crippen LogP contribution in [0.15, 0.2) is 60.7 Å². The number of fused-ring (bicyclic) bond motifs is 1. The molecule has 0 bridgehead atoms. The van der Waals surface area contributed by atoms with Crippen LogP contribution in [0.1, 0.15) is 21.1 Å². The number of carbonyl (C=O) groups excluding carboxylic acids is 1. The lowest BCUT2D eigenvalue weighted by Gasteiger charge is -2.07. The Morgan fingerprint density at radius 2 is 1.93 bits per heavy atom. The molecule has 146 valence electrons. The predicted molar refractivity (Wildman–Crippen MR) is 119 cm³/mol. The summed E-state index contributed by atoms with van der Waals surface area (Å²) >= 11 is 7.49. The second kappa shape index (κ2) is 8.23. The van der Waals surface area contributed by atoms with E-state index < -0.39 is 0 Å². The molecule has 0 atom stereocenters. The maximum Gasteiger partial charge on any atom is 0.229 e. The maximum absolute atomic E-state index is 12.5. The first-order valence-corrected chi connectivity index (χ1v) is 10.4. The summed E-state index contributed by atoms with van der Waals surface area (Å²) in [4.78, 5) is 18.0. The number of thiazole rings is 1. The smallest absolute Gasteiger partial charge is 0.229 e. The number of rotatable bonds is 5. The second-order valence-electron chi connectivity index (χ2n) is 6.82. The van der Waals surface area contributed by atoms with Gasteiger partial charge in [-0.1, -0.05) is 54.1 Å². The SMILES string of the molecule is Cc1nc(Cc2cccc3ccccc23)sc1CC(=O)Nc1cc(Cl)ccc1O. The monoisotopic (exact) mass is 422 g/mol. The Bertz CT molecular complexity index is 1200. The van der Waals surface area contributed by atoms with Gasteiger partial charge in [-0.2, -0.15) is 0 Å². The highest BCUT2D eigenvalue weighted by atomic mass is 35.5. The van der Waals surface area contributed by atoms with Crippen LogP contribution in [0, 0.1) is 6.92 Å². The standard InChI is InChI=1S/C23H19ClN2O2S/c1-14-21(13-22(28)26-19-12-17(24)9-10-20(19)27)29-23(25-14)11-16-7-4-6-15-5-2-3-8-18(15)16/h2-10,12,27H,11,13H2,1H3,(H,26,28). The molecule has 1 amide bonds. The van der Waals surface area contributed by atoms with Crippen LogP contribution in [0.5, 0.6) is 5.75 Å². The molecule has 2 N–H and O–H groups in total. The van der Waals surface area contributed by atoms with Crippen molar-refractivity contribution in [2.24, 2.45) is 0 Å². The molecule has 4 aromatic rings. The van der Waals surface area contributed by atoms with Crippen LogP contribution in [-0.4, -0.2) is 16.0 Å². The van der Waals surface area contributed by atoms with Gasteiger partial charge < -0.3 is 10.4 Å². The normalized spacial score (nSPS) is 11.0. The Morgan fingerprint density at radius 1 is 1.14 bits per heavy atom. The number of anilines is 1. The fourth-order valence-corrected chi connectivity index (χ4v) is 4.55. The number of halogens is 1. The highest BCUT2D eigenvalue weighted by molar-refractivity contribution is 7.11. The van der Waals surface area contributed by atoms with Crippen LogP contribution < -0.4 is 5.32 Å². The number of hydrogen-bond acceptors (Lipinski definition) is 4. The lowest BCUT2D eigenvalue weighted by molar-refractivity contribution is -0.115. The van der Waals surface area contributed by atoms with Crippen LogP contribution in [0.2, 0.25) is 5.02 Å². The van der Waals surface area contributed by atoms with Gasteiger partial charge >= 0.3 is 0 Å². The Morgan fingerprint density at radius 3 is 2.79 bits per heavy atom. The summed E-state index contributed by atoms with van der Waals surface area (Å²) in [7, 11) is 0. The molecular weight excluding hydrogens is 404 g/mol. The molecule has 1 aromatic heterocycles. The van der Waals surface area contributed by atoms with Gasteiger partial charge in [0, 0.05) is 16.3 Å². The third-order valence-electron chi connectivity index (χ3n) is 4.71. The second-order valence-corrected chi connectivity index (χ2v) is 8.42. The summed E-state index contributed by atoms with van der Waals surface area (Å²) in [5, 5.41) is 16.4. The third-order valence-corrected chi connectivity index (χ3v) is 6.10. The van der Waals surface area contributed by atoms with E-state index in [2.05, 4.69) is 40.6 Å². The number of hydrogen-bond donors (Lipinski definition) is 2. The van der Waals surface area contributed by atoms with E-state index in [4.69, 9.17) is 11.6 Å². The molecule has 0 saturated heterocycles. The van der Waals surface area contributed by atoms with Gasteiger partial charge in [0.15, 0.2) is 0 Å². The van der Waals surface area contributed by atoms with Gasteiger partial charge in [0.2, 0.25) is 5.91 Å². The molecule has 0 saturated carbocycles. The fourth-order valence-electron chi connectivity index (χ4n) is 3.29. The number of nitrogens with one attached hydrogen (secondary N) is 1. The zero-order valence-electron chi connectivity index (χ0n) is 15.8. The van der Waals surface area contributed by atoms with Gasteiger partial charge in [0.05, 0.1) is 22.8 Å². The molecule has 4 rings (SSSR count). The molecule has 6 heteroatoms. The molecular formula is C23H19ClN2O2S. The molecule has 0 fully saturated rings. The number of benzene rings is 3. The Kier molecular flexibility index (Phi) is 5.51. The maximum atomic E-state index is 12.5. The zero-order valence-corrected chi connectivity index (χ0v) is 17.3. The average molecular weight is 423 g/mol. The van der Waals surface area contributed by atoms with Crippen LogP contribution in [0.25, 0.3) is 10.8 Å². The summed E-state index contributed by atoms with van der Waals surface area (Å²) in [6.07, 6.45) is 0.925. The highest BCUT2D eigenvalue weighted by Crippen LogP contribution is 2.28. The predicted octanol–water partition coefficient (Wildman–Crippen LogP) is 5.74. The molecule has 1 heterocycles. The number of aromatic nitrogens is 1. The Balaban J connectivity index is 1.50. The van der Waals surface area contributed by atoms with E-state index in [1.807, 2.05) is 19.1 Å². The summed E-state index contributed by atoms with van der Waals surface area (Å²) in [5.74, 6) is -0.230. The van der Waals surface area contributed by atoms with Crippen molar-refractivity contribution in [2.45, 2.75) is 19.8 Å².